The van der Waals surface area contributed by atoms with Crippen LogP contribution < -0.4 is 14.5 Å². The van der Waals surface area contributed by atoms with Crippen molar-refractivity contribution in [2.24, 2.45) is 0 Å². The average molecular weight is 545 g/mol. The largest absolute Gasteiger partial charge is 0.494 e. The van der Waals surface area contributed by atoms with Gasteiger partial charge in [-0.25, -0.2) is 9.58 Å². The molecule has 8 heteroatoms. The summed E-state index contributed by atoms with van der Waals surface area (Å²) in [5, 5.41) is 6.29. The van der Waals surface area contributed by atoms with Crippen molar-refractivity contribution in [3.63, 3.8) is 0 Å². The van der Waals surface area contributed by atoms with Gasteiger partial charge in [-0.1, -0.05) is 12.1 Å². The van der Waals surface area contributed by atoms with Gasteiger partial charge in [0.25, 0.3) is 11.8 Å². The van der Waals surface area contributed by atoms with Crippen molar-refractivity contribution in [3.05, 3.63) is 75.5 Å². The molecule has 3 heterocycles. The zero-order valence-electron chi connectivity index (χ0n) is 20.3. The third-order valence-corrected chi connectivity index (χ3v) is 8.33. The maximum absolute atomic E-state index is 13.7. The molecule has 0 unspecified atom stereocenters. The second-order valence-electron chi connectivity index (χ2n) is 9.25. The SMILES string of the molecule is COc1cc(N2C(=O)c3cccc4c(N5CCCC5)ccc(c34)C2=O)ccc1-n1nc(C)c(Br)c1C. The number of hydrogen-bond donors (Lipinski definition) is 0. The Morgan fingerprint density at radius 2 is 1.61 bits per heavy atom. The lowest BCUT2D eigenvalue weighted by Crippen LogP contribution is -2.40. The Morgan fingerprint density at radius 3 is 2.28 bits per heavy atom. The van der Waals surface area contributed by atoms with Gasteiger partial charge in [0.15, 0.2) is 0 Å². The van der Waals surface area contributed by atoms with Crippen molar-refractivity contribution in [1.29, 1.82) is 0 Å². The number of carbonyl (C=O) groups is 2. The zero-order valence-corrected chi connectivity index (χ0v) is 21.9. The number of imide groups is 1. The Morgan fingerprint density at radius 1 is 0.917 bits per heavy atom. The molecule has 36 heavy (non-hydrogen) atoms. The highest BCUT2D eigenvalue weighted by Gasteiger charge is 2.35. The summed E-state index contributed by atoms with van der Waals surface area (Å²) in [6, 6.07) is 14.9. The lowest BCUT2D eigenvalue weighted by molar-refractivity contribution is 0.0893. The predicted molar refractivity (Wildman–Crippen MR) is 144 cm³/mol. The Balaban J connectivity index is 1.46. The summed E-state index contributed by atoms with van der Waals surface area (Å²) in [6.07, 6.45) is 2.31. The van der Waals surface area contributed by atoms with Crippen LogP contribution in [0, 0.1) is 13.8 Å². The van der Waals surface area contributed by atoms with E-state index in [2.05, 4.69) is 25.9 Å². The summed E-state index contributed by atoms with van der Waals surface area (Å²) in [5.41, 5.74) is 5.13. The number of aromatic nitrogens is 2. The molecule has 0 spiro atoms. The van der Waals surface area contributed by atoms with Gasteiger partial charge in [-0.3, -0.25) is 9.59 Å². The first kappa shape index (κ1) is 22.8. The van der Waals surface area contributed by atoms with E-state index in [9.17, 15) is 9.59 Å². The van der Waals surface area contributed by atoms with Crippen LogP contribution in [0.4, 0.5) is 11.4 Å². The number of aryl methyl sites for hydroxylation is 1. The van der Waals surface area contributed by atoms with E-state index in [0.29, 0.717) is 22.6 Å². The van der Waals surface area contributed by atoms with Crippen LogP contribution in [-0.2, 0) is 0 Å². The maximum Gasteiger partial charge on any atom is 0.265 e. The van der Waals surface area contributed by atoms with Crippen LogP contribution in [0.5, 0.6) is 5.75 Å². The van der Waals surface area contributed by atoms with Gasteiger partial charge >= 0.3 is 0 Å². The molecule has 0 aliphatic carbocycles. The molecule has 6 rings (SSSR count). The molecule has 1 saturated heterocycles. The Kier molecular flexibility index (Phi) is 5.37. The van der Waals surface area contributed by atoms with Crippen molar-refractivity contribution in [2.45, 2.75) is 26.7 Å². The van der Waals surface area contributed by atoms with Gasteiger partial charge in [-0.15, -0.1) is 0 Å². The van der Waals surface area contributed by atoms with Crippen LogP contribution in [0.1, 0.15) is 44.9 Å². The van der Waals surface area contributed by atoms with Crippen LogP contribution in [0.2, 0.25) is 0 Å². The highest BCUT2D eigenvalue weighted by molar-refractivity contribution is 9.10. The van der Waals surface area contributed by atoms with E-state index >= 15 is 0 Å². The Bertz CT molecular complexity index is 1550. The van der Waals surface area contributed by atoms with Gasteiger partial charge in [0, 0.05) is 46.7 Å². The number of hydrogen-bond acceptors (Lipinski definition) is 5. The molecule has 0 saturated carbocycles. The van der Waals surface area contributed by atoms with E-state index in [4.69, 9.17) is 4.74 Å². The molecular weight excluding hydrogens is 520 g/mol. The average Bonchev–Trinajstić information content (AvgIpc) is 3.51. The minimum Gasteiger partial charge on any atom is -0.494 e. The normalized spacial score (nSPS) is 15.3. The molecule has 1 aromatic heterocycles. The Labute approximate surface area is 217 Å². The van der Waals surface area contributed by atoms with Gasteiger partial charge < -0.3 is 9.64 Å². The quantitative estimate of drug-likeness (QED) is 0.303. The van der Waals surface area contributed by atoms with Crippen molar-refractivity contribution in [3.8, 4) is 11.4 Å². The second kappa shape index (κ2) is 8.48. The zero-order chi connectivity index (χ0) is 25.1. The topological polar surface area (TPSA) is 67.7 Å². The minimum atomic E-state index is -0.333. The molecule has 182 valence electrons. The fraction of sp³-hybridized carbons (Fsp3) is 0.250. The van der Waals surface area contributed by atoms with Crippen molar-refractivity contribution < 1.29 is 14.3 Å². The summed E-state index contributed by atoms with van der Waals surface area (Å²) in [7, 11) is 1.57. The monoisotopic (exact) mass is 544 g/mol. The van der Waals surface area contributed by atoms with Gasteiger partial charge in [0.05, 0.1) is 28.7 Å². The number of nitrogens with zero attached hydrogens (tertiary/aromatic N) is 4. The van der Waals surface area contributed by atoms with Crippen LogP contribution in [-0.4, -0.2) is 41.8 Å². The minimum absolute atomic E-state index is 0.333. The lowest BCUT2D eigenvalue weighted by atomic mass is 9.92. The van der Waals surface area contributed by atoms with E-state index in [1.807, 2.05) is 44.2 Å². The molecular formula is C28H25BrN4O3. The predicted octanol–water partition coefficient (Wildman–Crippen LogP) is 5.81. The molecule has 0 N–H and O–H groups in total. The van der Waals surface area contributed by atoms with E-state index in [0.717, 1.165) is 63.9 Å². The number of anilines is 2. The van der Waals surface area contributed by atoms with Gasteiger partial charge in [0.2, 0.25) is 0 Å². The first-order valence-corrected chi connectivity index (χ1v) is 12.8. The van der Waals surface area contributed by atoms with Gasteiger partial charge in [0.1, 0.15) is 11.4 Å². The smallest absolute Gasteiger partial charge is 0.265 e. The molecule has 1 fully saturated rings. The van der Waals surface area contributed by atoms with E-state index in [1.54, 1.807) is 30.0 Å². The summed E-state index contributed by atoms with van der Waals surface area (Å²) in [6.45, 7) is 5.87. The number of methoxy groups -OCH3 is 1. The molecule has 2 aliphatic rings. The lowest BCUT2D eigenvalue weighted by Gasteiger charge is -2.29. The molecule has 0 radical (unpaired) electrons. The summed E-state index contributed by atoms with van der Waals surface area (Å²) in [4.78, 5) is 31.0. The van der Waals surface area contributed by atoms with Gasteiger partial charge in [-0.2, -0.15) is 5.10 Å². The number of halogens is 1. The van der Waals surface area contributed by atoms with Crippen molar-refractivity contribution >= 4 is 49.9 Å². The molecule has 2 aliphatic heterocycles. The van der Waals surface area contributed by atoms with E-state index in [-0.39, 0.29) is 11.8 Å². The third kappa shape index (κ3) is 3.27. The fourth-order valence-corrected chi connectivity index (χ4v) is 5.64. The summed E-state index contributed by atoms with van der Waals surface area (Å²) < 4.78 is 8.39. The van der Waals surface area contributed by atoms with Crippen molar-refractivity contribution in [1.82, 2.24) is 9.78 Å². The molecule has 3 aromatic carbocycles. The summed E-state index contributed by atoms with van der Waals surface area (Å²) in [5.74, 6) is -0.153. The number of benzene rings is 3. The maximum atomic E-state index is 13.7. The molecule has 4 aromatic rings. The first-order chi connectivity index (χ1) is 17.4. The molecule has 2 amide bonds. The first-order valence-electron chi connectivity index (χ1n) is 12.0. The highest BCUT2D eigenvalue weighted by atomic mass is 79.9. The van der Waals surface area contributed by atoms with Crippen molar-refractivity contribution in [2.75, 3.05) is 30.0 Å². The van der Waals surface area contributed by atoms with Crippen LogP contribution >= 0.6 is 15.9 Å². The van der Waals surface area contributed by atoms with Gasteiger partial charge in [-0.05, 0) is 73.0 Å². The fourth-order valence-electron chi connectivity index (χ4n) is 5.39. The second-order valence-corrected chi connectivity index (χ2v) is 10.0. The number of amides is 2. The molecule has 7 nitrogen and oxygen atoms in total. The molecule has 0 atom stereocenters. The number of rotatable bonds is 4. The third-order valence-electron chi connectivity index (χ3n) is 7.18. The Hall–Kier alpha value is -3.65. The number of carbonyl (C=O) groups excluding carboxylic acids is 2. The van der Waals surface area contributed by atoms with E-state index in [1.165, 1.54) is 4.90 Å². The van der Waals surface area contributed by atoms with E-state index < -0.39 is 0 Å². The van der Waals surface area contributed by atoms with Crippen LogP contribution in [0.25, 0.3) is 16.5 Å². The highest BCUT2D eigenvalue weighted by Crippen LogP contribution is 2.39. The standard InChI is InChI=1S/C28H25BrN4O3/c1-16-26(29)17(2)33(30-16)23-11-9-18(15-24(23)36-3)32-27(34)20-8-6-7-19-22(31-13-4-5-14-31)12-10-21(25(19)20)28(32)35/h6-12,15H,4-5,13-14H2,1-3H3. The molecule has 0 bridgehead atoms. The summed E-state index contributed by atoms with van der Waals surface area (Å²) >= 11 is 3.57. The van der Waals surface area contributed by atoms with Crippen LogP contribution in [0.15, 0.2) is 53.0 Å². The number of ether oxygens (including phenoxy) is 1. The van der Waals surface area contributed by atoms with Crippen LogP contribution in [0.3, 0.4) is 0 Å².